The minimum atomic E-state index is -3.74. The fraction of sp³-hybridized carbons (Fsp3) is 0.643. The van der Waals surface area contributed by atoms with Crippen molar-refractivity contribution >= 4 is 16.0 Å². The number of nitrogens with zero attached hydrogens (tertiary/aromatic N) is 1. The number of hydrogen-bond donors (Lipinski definition) is 1. The van der Waals surface area contributed by atoms with Crippen molar-refractivity contribution in [2.24, 2.45) is 0 Å². The summed E-state index contributed by atoms with van der Waals surface area (Å²) in [4.78, 5) is 13.5. The predicted octanol–water partition coefficient (Wildman–Crippen LogP) is 1.46. The molecular weight excluding hydrogens is 308 g/mol. The summed E-state index contributed by atoms with van der Waals surface area (Å²) < 4.78 is 35.9. The van der Waals surface area contributed by atoms with Gasteiger partial charge < -0.3 is 14.1 Å². The maximum Gasteiger partial charge on any atom is 0.341 e. The number of carbonyl (C=O) groups is 1. The van der Waals surface area contributed by atoms with E-state index in [1.54, 1.807) is 0 Å². The highest BCUT2D eigenvalue weighted by Gasteiger charge is 2.20. The Labute approximate surface area is 131 Å². The first-order valence-corrected chi connectivity index (χ1v) is 8.63. The van der Waals surface area contributed by atoms with Gasteiger partial charge in [-0.05, 0) is 40.3 Å². The summed E-state index contributed by atoms with van der Waals surface area (Å²) in [5, 5.41) is -0.285. The van der Waals surface area contributed by atoms with Crippen molar-refractivity contribution in [2.45, 2.75) is 37.8 Å². The summed E-state index contributed by atoms with van der Waals surface area (Å²) in [6.07, 6.45) is 2.68. The molecule has 1 aromatic rings. The van der Waals surface area contributed by atoms with E-state index in [2.05, 4.69) is 28.2 Å². The van der Waals surface area contributed by atoms with Crippen molar-refractivity contribution in [1.29, 1.82) is 0 Å². The third kappa shape index (κ3) is 5.43. The van der Waals surface area contributed by atoms with Gasteiger partial charge in [0.05, 0.1) is 12.7 Å². The zero-order valence-electron chi connectivity index (χ0n) is 13.5. The molecule has 1 heterocycles. The largest absolute Gasteiger partial charge is 0.465 e. The van der Waals surface area contributed by atoms with Gasteiger partial charge in [-0.25, -0.2) is 17.9 Å². The maximum atomic E-state index is 12.0. The van der Waals surface area contributed by atoms with E-state index < -0.39 is 16.0 Å². The van der Waals surface area contributed by atoms with Crippen LogP contribution in [0.1, 0.15) is 37.0 Å². The molecule has 1 N–H and O–H groups in total. The third-order valence-corrected chi connectivity index (χ3v) is 4.70. The molecule has 0 aliphatic carbocycles. The lowest BCUT2D eigenvalue weighted by atomic mass is 10.2. The molecule has 0 saturated heterocycles. The first kappa shape index (κ1) is 18.7. The minimum absolute atomic E-state index is 0.0708. The molecule has 0 saturated carbocycles. The highest BCUT2D eigenvalue weighted by molar-refractivity contribution is 7.89. The minimum Gasteiger partial charge on any atom is -0.465 e. The molecule has 0 aliphatic heterocycles. The molecule has 22 heavy (non-hydrogen) atoms. The van der Waals surface area contributed by atoms with E-state index in [0.717, 1.165) is 31.7 Å². The van der Waals surface area contributed by atoms with E-state index in [9.17, 15) is 13.2 Å². The van der Waals surface area contributed by atoms with Crippen LogP contribution in [-0.4, -0.2) is 52.6 Å². The van der Waals surface area contributed by atoms with Gasteiger partial charge in [-0.2, -0.15) is 0 Å². The van der Waals surface area contributed by atoms with Crippen LogP contribution >= 0.6 is 0 Å². The van der Waals surface area contributed by atoms with E-state index in [-0.39, 0.29) is 10.7 Å². The van der Waals surface area contributed by atoms with Crippen LogP contribution < -0.4 is 4.72 Å². The van der Waals surface area contributed by atoms with Gasteiger partial charge in [0.2, 0.25) is 5.09 Å². The standard InChI is InChI=1S/C14H24N2O5S/c1-11(2)16(3)8-6-5-7-15-22(18,19)13-9-12(10-21-13)14(17)20-4/h9-11,15H,5-8H2,1-4H3. The summed E-state index contributed by atoms with van der Waals surface area (Å²) in [6.45, 7) is 5.45. The SMILES string of the molecule is COC(=O)c1coc(S(=O)(=O)NCCCCN(C)C(C)C)c1. The monoisotopic (exact) mass is 332 g/mol. The summed E-state index contributed by atoms with van der Waals surface area (Å²) >= 11 is 0. The predicted molar refractivity (Wildman–Crippen MR) is 82.2 cm³/mol. The number of carbonyl (C=O) groups excluding carboxylic acids is 1. The lowest BCUT2D eigenvalue weighted by Crippen LogP contribution is -2.29. The van der Waals surface area contributed by atoms with Crippen LogP contribution in [-0.2, 0) is 14.8 Å². The van der Waals surface area contributed by atoms with E-state index in [1.807, 2.05) is 7.05 Å². The number of furan rings is 1. The molecule has 0 aliphatic rings. The zero-order chi connectivity index (χ0) is 16.8. The van der Waals surface area contributed by atoms with E-state index in [1.165, 1.54) is 7.11 Å². The van der Waals surface area contributed by atoms with Gasteiger partial charge in [-0.1, -0.05) is 0 Å². The van der Waals surface area contributed by atoms with Crippen LogP contribution in [0.15, 0.2) is 21.8 Å². The van der Waals surface area contributed by atoms with Gasteiger partial charge in [-0.3, -0.25) is 0 Å². The van der Waals surface area contributed by atoms with Crippen molar-refractivity contribution in [3.8, 4) is 0 Å². The second-order valence-electron chi connectivity index (χ2n) is 5.33. The average molecular weight is 332 g/mol. The molecule has 7 nitrogen and oxygen atoms in total. The van der Waals surface area contributed by atoms with Crippen LogP contribution in [0.4, 0.5) is 0 Å². The number of rotatable bonds is 9. The number of ether oxygens (including phenoxy) is 1. The van der Waals surface area contributed by atoms with E-state index >= 15 is 0 Å². The second kappa shape index (κ2) is 8.30. The number of methoxy groups -OCH3 is 1. The summed E-state index contributed by atoms with van der Waals surface area (Å²) in [6, 6.07) is 1.62. The van der Waals surface area contributed by atoms with Crippen LogP contribution in [0.3, 0.4) is 0 Å². The molecule has 0 spiro atoms. The van der Waals surface area contributed by atoms with Crippen LogP contribution in [0.2, 0.25) is 0 Å². The number of sulfonamides is 1. The zero-order valence-corrected chi connectivity index (χ0v) is 14.3. The smallest absolute Gasteiger partial charge is 0.341 e. The summed E-state index contributed by atoms with van der Waals surface area (Å²) in [5.41, 5.74) is 0.0708. The van der Waals surface area contributed by atoms with E-state index in [0.29, 0.717) is 12.6 Å². The number of hydrogen-bond acceptors (Lipinski definition) is 6. The Morgan fingerprint density at radius 1 is 1.41 bits per heavy atom. The van der Waals surface area contributed by atoms with Crippen LogP contribution in [0.5, 0.6) is 0 Å². The van der Waals surface area contributed by atoms with Crippen molar-refractivity contribution in [1.82, 2.24) is 9.62 Å². The highest BCUT2D eigenvalue weighted by atomic mass is 32.2. The molecule has 0 aromatic carbocycles. The van der Waals surface area contributed by atoms with Crippen LogP contribution in [0.25, 0.3) is 0 Å². The number of esters is 1. The Hall–Kier alpha value is -1.38. The van der Waals surface area contributed by atoms with Crippen molar-refractivity contribution in [3.63, 3.8) is 0 Å². The lowest BCUT2D eigenvalue weighted by Gasteiger charge is -2.20. The molecule has 1 aromatic heterocycles. The third-order valence-electron chi connectivity index (χ3n) is 3.37. The molecule has 0 amide bonds. The quantitative estimate of drug-likeness (QED) is 0.544. The van der Waals surface area contributed by atoms with Crippen molar-refractivity contribution in [2.75, 3.05) is 27.2 Å². The van der Waals surface area contributed by atoms with E-state index in [4.69, 9.17) is 4.42 Å². The topological polar surface area (TPSA) is 88.8 Å². The molecule has 0 fully saturated rings. The Bertz CT molecular complexity index is 580. The first-order valence-electron chi connectivity index (χ1n) is 7.14. The lowest BCUT2D eigenvalue weighted by molar-refractivity contribution is 0.0600. The molecule has 8 heteroatoms. The second-order valence-corrected chi connectivity index (χ2v) is 7.02. The Balaban J connectivity index is 2.44. The normalized spacial score (nSPS) is 12.1. The Kier molecular flexibility index (Phi) is 7.05. The molecule has 0 unspecified atom stereocenters. The van der Waals surface area contributed by atoms with Gasteiger partial charge in [0.25, 0.3) is 10.0 Å². The van der Waals surface area contributed by atoms with Gasteiger partial charge in [0.1, 0.15) is 6.26 Å². The number of unbranched alkanes of at least 4 members (excludes halogenated alkanes) is 1. The van der Waals surface area contributed by atoms with Gasteiger partial charge in [0.15, 0.2) is 0 Å². The van der Waals surface area contributed by atoms with Crippen LogP contribution in [0, 0.1) is 0 Å². The summed E-state index contributed by atoms with van der Waals surface area (Å²) in [5.74, 6) is -0.637. The highest BCUT2D eigenvalue weighted by Crippen LogP contribution is 2.14. The van der Waals surface area contributed by atoms with Gasteiger partial charge >= 0.3 is 5.97 Å². The van der Waals surface area contributed by atoms with Crippen molar-refractivity contribution < 1.29 is 22.4 Å². The Morgan fingerprint density at radius 3 is 2.68 bits per heavy atom. The van der Waals surface area contributed by atoms with Gasteiger partial charge in [-0.15, -0.1) is 0 Å². The van der Waals surface area contributed by atoms with Crippen molar-refractivity contribution in [3.05, 3.63) is 17.9 Å². The maximum absolute atomic E-state index is 12.0. The van der Waals surface area contributed by atoms with Gasteiger partial charge in [0, 0.05) is 18.7 Å². The first-order chi connectivity index (χ1) is 10.3. The number of nitrogens with one attached hydrogen (secondary N) is 1. The molecule has 0 radical (unpaired) electrons. The molecule has 0 bridgehead atoms. The Morgan fingerprint density at radius 2 is 2.09 bits per heavy atom. The average Bonchev–Trinajstić information content (AvgIpc) is 2.96. The molecule has 1 rings (SSSR count). The molecule has 126 valence electrons. The molecular formula is C14H24N2O5S. The fourth-order valence-electron chi connectivity index (χ4n) is 1.70. The fourth-order valence-corrected chi connectivity index (χ4v) is 2.72. The molecule has 0 atom stereocenters. The summed E-state index contributed by atoms with van der Waals surface area (Å²) in [7, 11) is -0.484.